The molecule has 0 radical (unpaired) electrons. The van der Waals surface area contributed by atoms with Crippen LogP contribution in [-0.4, -0.2) is 21.3 Å². The van der Waals surface area contributed by atoms with Crippen molar-refractivity contribution in [3.63, 3.8) is 0 Å². The van der Waals surface area contributed by atoms with Gasteiger partial charge >= 0.3 is 0 Å². The van der Waals surface area contributed by atoms with Crippen LogP contribution in [0.15, 0.2) is 29.2 Å². The summed E-state index contributed by atoms with van der Waals surface area (Å²) in [6.45, 7) is 1.62. The molecule has 0 saturated carbocycles. The van der Waals surface area contributed by atoms with Gasteiger partial charge in [-0.25, -0.2) is 8.42 Å². The van der Waals surface area contributed by atoms with E-state index in [1.807, 2.05) is 0 Å². The van der Waals surface area contributed by atoms with Gasteiger partial charge in [-0.3, -0.25) is 0 Å². The average molecular weight is 200 g/mol. The predicted octanol–water partition coefficient (Wildman–Crippen LogP) is 1.49. The molecule has 0 N–H and O–H groups in total. The monoisotopic (exact) mass is 200 g/mol. The van der Waals surface area contributed by atoms with Crippen molar-refractivity contribution >= 4 is 9.84 Å². The highest BCUT2D eigenvalue weighted by Gasteiger charge is 2.11. The highest BCUT2D eigenvalue weighted by atomic mass is 32.2. The predicted molar refractivity (Wildman–Crippen MR) is 50.7 cm³/mol. The molecule has 0 saturated heterocycles. The van der Waals surface area contributed by atoms with Gasteiger partial charge in [-0.2, -0.15) is 0 Å². The molecule has 0 bridgehead atoms. The van der Waals surface area contributed by atoms with E-state index in [0.717, 1.165) is 0 Å². The minimum Gasteiger partial charge on any atom is -0.497 e. The van der Waals surface area contributed by atoms with Crippen molar-refractivity contribution in [1.29, 1.82) is 0 Å². The summed E-state index contributed by atoms with van der Waals surface area (Å²) in [5, 5.41) is 0. The SMILES string of the molecule is CCS(=O)(=O)c1cccc(OC)c1. The summed E-state index contributed by atoms with van der Waals surface area (Å²) in [7, 11) is -1.60. The lowest BCUT2D eigenvalue weighted by molar-refractivity contribution is 0.413. The topological polar surface area (TPSA) is 43.4 Å². The molecular formula is C9H12O3S. The highest BCUT2D eigenvalue weighted by molar-refractivity contribution is 7.91. The number of hydrogen-bond donors (Lipinski definition) is 0. The molecule has 1 aromatic rings. The third-order valence-corrected chi connectivity index (χ3v) is 3.51. The average Bonchev–Trinajstić information content (AvgIpc) is 2.18. The van der Waals surface area contributed by atoms with Gasteiger partial charge in [-0.1, -0.05) is 13.0 Å². The van der Waals surface area contributed by atoms with E-state index in [0.29, 0.717) is 10.6 Å². The molecule has 0 aliphatic heterocycles. The molecule has 3 nitrogen and oxygen atoms in total. The second-order valence-electron chi connectivity index (χ2n) is 2.58. The Kier molecular flexibility index (Phi) is 2.93. The highest BCUT2D eigenvalue weighted by Crippen LogP contribution is 2.17. The number of sulfone groups is 1. The van der Waals surface area contributed by atoms with Crippen LogP contribution >= 0.6 is 0 Å². The van der Waals surface area contributed by atoms with Crippen LogP contribution in [0, 0.1) is 0 Å². The Bertz CT molecular complexity index is 382. The first kappa shape index (κ1) is 10.1. The summed E-state index contributed by atoms with van der Waals surface area (Å²) >= 11 is 0. The molecule has 72 valence electrons. The second-order valence-corrected chi connectivity index (χ2v) is 4.86. The van der Waals surface area contributed by atoms with Gasteiger partial charge in [-0.05, 0) is 18.2 Å². The standard InChI is InChI=1S/C9H12O3S/c1-3-13(10,11)9-6-4-5-8(7-9)12-2/h4-7H,3H2,1-2H3. The smallest absolute Gasteiger partial charge is 0.178 e. The van der Waals surface area contributed by atoms with E-state index < -0.39 is 9.84 Å². The molecule has 0 aliphatic carbocycles. The maximum atomic E-state index is 11.4. The molecule has 4 heteroatoms. The Morgan fingerprint density at radius 2 is 2.08 bits per heavy atom. The van der Waals surface area contributed by atoms with E-state index in [4.69, 9.17) is 4.74 Å². The Balaban J connectivity index is 3.17. The number of ether oxygens (including phenoxy) is 1. The second kappa shape index (κ2) is 3.79. The van der Waals surface area contributed by atoms with Gasteiger partial charge in [0.1, 0.15) is 5.75 Å². The lowest BCUT2D eigenvalue weighted by Gasteiger charge is -2.03. The first-order chi connectivity index (χ1) is 6.10. The van der Waals surface area contributed by atoms with Crippen LogP contribution in [-0.2, 0) is 9.84 Å². The van der Waals surface area contributed by atoms with Gasteiger partial charge < -0.3 is 4.74 Å². The van der Waals surface area contributed by atoms with Crippen molar-refractivity contribution in [1.82, 2.24) is 0 Å². The molecule has 1 rings (SSSR count). The summed E-state index contributed by atoms with van der Waals surface area (Å²) in [5.74, 6) is 0.676. The fourth-order valence-electron chi connectivity index (χ4n) is 0.961. The lowest BCUT2D eigenvalue weighted by Crippen LogP contribution is -2.03. The van der Waals surface area contributed by atoms with E-state index in [1.165, 1.54) is 13.2 Å². The number of rotatable bonds is 3. The van der Waals surface area contributed by atoms with Crippen molar-refractivity contribution < 1.29 is 13.2 Å². The molecule has 0 aromatic heterocycles. The van der Waals surface area contributed by atoms with Crippen LogP contribution < -0.4 is 4.74 Å². The molecule has 0 amide bonds. The van der Waals surface area contributed by atoms with Gasteiger partial charge in [0.15, 0.2) is 9.84 Å². The van der Waals surface area contributed by atoms with E-state index >= 15 is 0 Å². The largest absolute Gasteiger partial charge is 0.497 e. The minimum absolute atomic E-state index is 0.111. The van der Waals surface area contributed by atoms with E-state index in [9.17, 15) is 8.42 Å². The molecule has 0 heterocycles. The van der Waals surface area contributed by atoms with E-state index in [-0.39, 0.29) is 5.75 Å². The third-order valence-electron chi connectivity index (χ3n) is 1.78. The van der Waals surface area contributed by atoms with Gasteiger partial charge in [0.2, 0.25) is 0 Å². The van der Waals surface area contributed by atoms with Crippen LogP contribution in [0.4, 0.5) is 0 Å². The van der Waals surface area contributed by atoms with Crippen molar-refractivity contribution in [2.45, 2.75) is 11.8 Å². The van der Waals surface area contributed by atoms with Crippen molar-refractivity contribution in [3.8, 4) is 5.75 Å². The molecule has 0 fully saturated rings. The number of benzene rings is 1. The maximum Gasteiger partial charge on any atom is 0.178 e. The van der Waals surface area contributed by atoms with Crippen LogP contribution in [0.1, 0.15) is 6.92 Å². The first-order valence-electron chi connectivity index (χ1n) is 3.97. The molecule has 1 aromatic carbocycles. The minimum atomic E-state index is -3.11. The summed E-state index contributed by atoms with van der Waals surface area (Å²) in [4.78, 5) is 0.314. The van der Waals surface area contributed by atoms with Crippen molar-refractivity contribution in [3.05, 3.63) is 24.3 Å². The Morgan fingerprint density at radius 3 is 2.62 bits per heavy atom. The first-order valence-corrected chi connectivity index (χ1v) is 5.62. The fourth-order valence-corrected chi connectivity index (χ4v) is 1.88. The zero-order valence-corrected chi connectivity index (χ0v) is 8.47. The fraction of sp³-hybridized carbons (Fsp3) is 0.333. The summed E-state index contributed by atoms with van der Waals surface area (Å²) in [5.41, 5.74) is 0. The molecule has 0 unspecified atom stereocenters. The number of methoxy groups -OCH3 is 1. The maximum absolute atomic E-state index is 11.4. The summed E-state index contributed by atoms with van der Waals surface area (Å²) < 4.78 is 27.8. The van der Waals surface area contributed by atoms with E-state index in [1.54, 1.807) is 25.1 Å². The van der Waals surface area contributed by atoms with Crippen LogP contribution in [0.3, 0.4) is 0 Å². The molecule has 0 atom stereocenters. The third kappa shape index (κ3) is 2.21. The molecular weight excluding hydrogens is 188 g/mol. The van der Waals surface area contributed by atoms with Crippen molar-refractivity contribution in [2.24, 2.45) is 0 Å². The Morgan fingerprint density at radius 1 is 1.38 bits per heavy atom. The Labute approximate surface area is 78.3 Å². The molecule has 0 aliphatic rings. The van der Waals surface area contributed by atoms with Crippen molar-refractivity contribution in [2.75, 3.05) is 12.9 Å². The lowest BCUT2D eigenvalue weighted by atomic mass is 10.3. The Hall–Kier alpha value is -1.03. The van der Waals surface area contributed by atoms with E-state index in [2.05, 4.69) is 0 Å². The molecule has 0 spiro atoms. The van der Waals surface area contributed by atoms with Gasteiger partial charge in [0, 0.05) is 0 Å². The van der Waals surface area contributed by atoms with Gasteiger partial charge in [0.25, 0.3) is 0 Å². The zero-order chi connectivity index (χ0) is 9.90. The summed E-state index contributed by atoms with van der Waals surface area (Å²) in [6, 6.07) is 6.48. The van der Waals surface area contributed by atoms with Gasteiger partial charge in [-0.15, -0.1) is 0 Å². The molecule has 13 heavy (non-hydrogen) atoms. The quantitative estimate of drug-likeness (QED) is 0.742. The zero-order valence-electron chi connectivity index (χ0n) is 7.65. The number of hydrogen-bond acceptors (Lipinski definition) is 3. The van der Waals surface area contributed by atoms with Crippen LogP contribution in [0.25, 0.3) is 0 Å². The van der Waals surface area contributed by atoms with Crippen LogP contribution in [0.5, 0.6) is 5.75 Å². The summed E-state index contributed by atoms with van der Waals surface area (Å²) in [6.07, 6.45) is 0. The van der Waals surface area contributed by atoms with Gasteiger partial charge in [0.05, 0.1) is 17.8 Å². The van der Waals surface area contributed by atoms with Crippen LogP contribution in [0.2, 0.25) is 0 Å². The normalized spacial score (nSPS) is 11.2.